The first-order valence-electron chi connectivity index (χ1n) is 7.71. The molecule has 27 heavy (non-hydrogen) atoms. The molecule has 0 aliphatic carbocycles. The van der Waals surface area contributed by atoms with Crippen LogP contribution in [0.25, 0.3) is 22.0 Å². The Balaban J connectivity index is 2.05. The van der Waals surface area contributed by atoms with Crippen molar-refractivity contribution in [1.82, 2.24) is 9.97 Å². The Labute approximate surface area is 158 Å². The van der Waals surface area contributed by atoms with E-state index in [1.54, 1.807) is 24.3 Å². The molecule has 1 aromatic heterocycles. The van der Waals surface area contributed by atoms with E-state index in [9.17, 15) is 14.9 Å². The summed E-state index contributed by atoms with van der Waals surface area (Å²) >= 11 is 6.29. The summed E-state index contributed by atoms with van der Waals surface area (Å²) in [7, 11) is 2.96. The molecule has 0 fully saturated rings. The van der Waals surface area contributed by atoms with E-state index in [4.69, 9.17) is 21.1 Å². The average Bonchev–Trinajstić information content (AvgIpc) is 2.67. The Morgan fingerprint density at radius 1 is 1.19 bits per heavy atom. The number of benzene rings is 2. The molecule has 8 nitrogen and oxygen atoms in total. The number of aromatic amines is 1. The Morgan fingerprint density at radius 3 is 2.41 bits per heavy atom. The van der Waals surface area contributed by atoms with Crippen molar-refractivity contribution in [2.45, 2.75) is 0 Å². The van der Waals surface area contributed by atoms with Crippen molar-refractivity contribution < 1.29 is 14.4 Å². The van der Waals surface area contributed by atoms with E-state index in [0.717, 1.165) is 0 Å². The quantitative estimate of drug-likeness (QED) is 0.529. The van der Waals surface area contributed by atoms with Crippen LogP contribution in [0.2, 0.25) is 0 Å². The normalized spacial score (nSPS) is 11.4. The molecule has 3 aromatic rings. The van der Waals surface area contributed by atoms with E-state index in [2.05, 4.69) is 9.97 Å². The van der Waals surface area contributed by atoms with Gasteiger partial charge in [-0.05, 0) is 29.8 Å². The van der Waals surface area contributed by atoms with Crippen LogP contribution in [-0.4, -0.2) is 29.1 Å². The summed E-state index contributed by atoms with van der Waals surface area (Å²) in [6.45, 7) is 0. The van der Waals surface area contributed by atoms with Gasteiger partial charge in [0, 0.05) is 18.2 Å². The van der Waals surface area contributed by atoms with Crippen molar-refractivity contribution in [3.63, 3.8) is 0 Å². The highest BCUT2D eigenvalue weighted by molar-refractivity contribution is 6.50. The summed E-state index contributed by atoms with van der Waals surface area (Å²) in [4.78, 5) is 29.6. The summed E-state index contributed by atoms with van der Waals surface area (Å²) < 4.78 is 10.4. The summed E-state index contributed by atoms with van der Waals surface area (Å²) in [6.07, 6.45) is 1.55. The van der Waals surface area contributed by atoms with Gasteiger partial charge >= 0.3 is 0 Å². The number of nitro benzene ring substituents is 1. The third kappa shape index (κ3) is 3.75. The summed E-state index contributed by atoms with van der Waals surface area (Å²) in [5, 5.41) is 11.2. The average molecular weight is 388 g/mol. The third-order valence-corrected chi connectivity index (χ3v) is 4.12. The van der Waals surface area contributed by atoms with Crippen LogP contribution >= 0.6 is 11.6 Å². The molecule has 0 aliphatic rings. The van der Waals surface area contributed by atoms with E-state index in [1.807, 2.05) is 0 Å². The number of ether oxygens (including phenoxy) is 2. The molecule has 0 bridgehead atoms. The van der Waals surface area contributed by atoms with Gasteiger partial charge in [0.25, 0.3) is 11.2 Å². The van der Waals surface area contributed by atoms with Crippen LogP contribution in [0.3, 0.4) is 0 Å². The highest BCUT2D eigenvalue weighted by atomic mass is 35.5. The molecule has 9 heteroatoms. The van der Waals surface area contributed by atoms with E-state index >= 15 is 0 Å². The molecular weight excluding hydrogens is 374 g/mol. The molecule has 1 N–H and O–H groups in total. The molecule has 0 spiro atoms. The van der Waals surface area contributed by atoms with Gasteiger partial charge in [0.05, 0.1) is 35.1 Å². The number of non-ortho nitro benzene ring substituents is 1. The number of methoxy groups -OCH3 is 2. The number of nitrogens with one attached hydrogen (secondary N) is 1. The van der Waals surface area contributed by atoms with Gasteiger partial charge in [0.2, 0.25) is 0 Å². The van der Waals surface area contributed by atoms with Crippen molar-refractivity contribution in [2.75, 3.05) is 14.2 Å². The summed E-state index contributed by atoms with van der Waals surface area (Å²) in [5.74, 6) is 1.02. The lowest BCUT2D eigenvalue weighted by atomic mass is 10.2. The molecule has 0 unspecified atom stereocenters. The first-order chi connectivity index (χ1) is 12.9. The second-order valence-electron chi connectivity index (χ2n) is 5.48. The minimum absolute atomic E-state index is 0.0263. The first-order valence-corrected chi connectivity index (χ1v) is 8.09. The second-order valence-corrected chi connectivity index (χ2v) is 5.89. The van der Waals surface area contributed by atoms with E-state index in [-0.39, 0.29) is 22.1 Å². The molecule has 0 aliphatic heterocycles. The van der Waals surface area contributed by atoms with Crippen molar-refractivity contribution in [3.8, 4) is 11.5 Å². The number of nitrogens with zero attached hydrogens (tertiary/aromatic N) is 2. The summed E-state index contributed by atoms with van der Waals surface area (Å²) in [5.41, 5.74) is 0.607. The minimum atomic E-state index is -0.487. The van der Waals surface area contributed by atoms with Crippen LogP contribution < -0.4 is 15.0 Å². The number of nitro groups is 1. The van der Waals surface area contributed by atoms with Gasteiger partial charge in [-0.1, -0.05) is 11.6 Å². The van der Waals surface area contributed by atoms with Crippen LogP contribution in [0.15, 0.2) is 41.2 Å². The first kappa shape index (κ1) is 18.4. The van der Waals surface area contributed by atoms with Crippen molar-refractivity contribution in [1.29, 1.82) is 0 Å². The molecule has 0 atom stereocenters. The molecule has 0 amide bonds. The van der Waals surface area contributed by atoms with E-state index in [1.165, 1.54) is 32.4 Å². The maximum absolute atomic E-state index is 12.4. The monoisotopic (exact) mass is 387 g/mol. The Bertz CT molecular complexity index is 1110. The minimum Gasteiger partial charge on any atom is -0.493 e. The zero-order valence-electron chi connectivity index (χ0n) is 14.4. The number of halogens is 1. The number of fused-ring (bicyclic) bond motifs is 1. The lowest BCUT2D eigenvalue weighted by Gasteiger charge is -2.09. The largest absolute Gasteiger partial charge is 0.493 e. The molecule has 1 heterocycles. The number of rotatable bonds is 5. The lowest BCUT2D eigenvalue weighted by molar-refractivity contribution is -0.384. The highest BCUT2D eigenvalue weighted by Gasteiger charge is 2.12. The number of H-pyrrole nitrogens is 1. The highest BCUT2D eigenvalue weighted by Crippen LogP contribution is 2.30. The number of aromatic nitrogens is 2. The third-order valence-electron chi connectivity index (χ3n) is 3.83. The maximum Gasteiger partial charge on any atom is 0.269 e. The van der Waals surface area contributed by atoms with Crippen LogP contribution in [0, 0.1) is 10.1 Å². The Kier molecular flexibility index (Phi) is 5.09. The molecule has 138 valence electrons. The smallest absolute Gasteiger partial charge is 0.269 e. The van der Waals surface area contributed by atoms with Crippen LogP contribution in [-0.2, 0) is 0 Å². The van der Waals surface area contributed by atoms with Crippen molar-refractivity contribution in [2.24, 2.45) is 0 Å². The van der Waals surface area contributed by atoms with Gasteiger partial charge in [-0.25, -0.2) is 4.98 Å². The molecule has 2 aromatic carbocycles. The molecule has 3 rings (SSSR count). The predicted molar refractivity (Wildman–Crippen MR) is 102 cm³/mol. The fraction of sp³-hybridized carbons (Fsp3) is 0.111. The van der Waals surface area contributed by atoms with Crippen molar-refractivity contribution in [3.05, 3.63) is 68.3 Å². The Morgan fingerprint density at radius 2 is 1.81 bits per heavy atom. The molecular formula is C18H14ClN3O5. The standard InChI is InChI=1S/C18H14ClN3O5/c1-26-15-8-12-14(9-16(15)27-2)20-17(21-18(12)23)13(19)7-10-3-5-11(6-4-10)22(24)25/h3-9H,1-2H3,(H,20,21,23)/b13-7-. The molecule has 0 radical (unpaired) electrons. The second kappa shape index (κ2) is 7.46. The number of hydrogen-bond acceptors (Lipinski definition) is 6. The predicted octanol–water partition coefficient (Wildman–Crippen LogP) is 3.59. The van der Waals surface area contributed by atoms with Gasteiger partial charge in [-0.2, -0.15) is 0 Å². The van der Waals surface area contributed by atoms with Crippen molar-refractivity contribution >= 4 is 39.3 Å². The lowest BCUT2D eigenvalue weighted by Crippen LogP contribution is -2.11. The summed E-state index contributed by atoms with van der Waals surface area (Å²) in [6, 6.07) is 8.95. The van der Waals surface area contributed by atoms with E-state index in [0.29, 0.717) is 28.0 Å². The maximum atomic E-state index is 12.4. The molecule has 0 saturated heterocycles. The van der Waals surface area contributed by atoms with Crippen LogP contribution in [0.1, 0.15) is 11.4 Å². The zero-order chi connectivity index (χ0) is 19.6. The van der Waals surface area contributed by atoms with Gasteiger partial charge in [-0.15, -0.1) is 0 Å². The fourth-order valence-corrected chi connectivity index (χ4v) is 2.70. The fourth-order valence-electron chi connectivity index (χ4n) is 2.49. The number of hydrogen-bond donors (Lipinski definition) is 1. The Hall–Kier alpha value is -3.39. The van der Waals surface area contributed by atoms with Gasteiger partial charge in [-0.3, -0.25) is 14.9 Å². The van der Waals surface area contributed by atoms with E-state index < -0.39 is 4.92 Å². The van der Waals surface area contributed by atoms with Gasteiger partial charge in [0.1, 0.15) is 0 Å². The van der Waals surface area contributed by atoms with Crippen LogP contribution in [0.5, 0.6) is 11.5 Å². The van der Waals surface area contributed by atoms with Gasteiger partial charge in [0.15, 0.2) is 17.3 Å². The van der Waals surface area contributed by atoms with Crippen LogP contribution in [0.4, 0.5) is 5.69 Å². The SMILES string of the molecule is COc1cc2nc(/C(Cl)=C/c3ccc([N+](=O)[O-])cc3)[nH]c(=O)c2cc1OC. The van der Waals surface area contributed by atoms with Gasteiger partial charge < -0.3 is 14.5 Å². The zero-order valence-corrected chi connectivity index (χ0v) is 15.1. The molecule has 0 saturated carbocycles. The topological polar surface area (TPSA) is 107 Å².